The number of hydrazone groups is 1. The molecule has 0 saturated heterocycles. The van der Waals surface area contributed by atoms with Crippen LogP contribution in [0.2, 0.25) is 0 Å². The summed E-state index contributed by atoms with van der Waals surface area (Å²) in [7, 11) is 4.03. The molecule has 0 aliphatic rings. The predicted octanol–water partition coefficient (Wildman–Crippen LogP) is 3.33. The monoisotopic (exact) mass is 357 g/mol. The first kappa shape index (κ1) is 16.7. The molecule has 7 nitrogen and oxygen atoms in total. The van der Waals surface area contributed by atoms with Crippen LogP contribution in [0.4, 0.5) is 11.5 Å². The Hall–Kier alpha value is -3.74. The van der Waals surface area contributed by atoms with E-state index < -0.39 is 0 Å². The van der Waals surface area contributed by atoms with Crippen LogP contribution in [0, 0.1) is 0 Å². The lowest BCUT2D eigenvalue weighted by Gasteiger charge is -2.11. The molecule has 0 fully saturated rings. The summed E-state index contributed by atoms with van der Waals surface area (Å²) in [5.74, 6) is 0.614. The fourth-order valence-corrected chi connectivity index (χ4v) is 2.72. The molecule has 0 aliphatic heterocycles. The molecule has 2 aromatic heterocycles. The molecule has 0 spiro atoms. The van der Waals surface area contributed by atoms with E-state index in [1.165, 1.54) is 6.33 Å². The van der Waals surface area contributed by atoms with Gasteiger partial charge in [-0.15, -0.1) is 0 Å². The van der Waals surface area contributed by atoms with Crippen LogP contribution in [-0.4, -0.2) is 40.1 Å². The lowest BCUT2D eigenvalue weighted by atomic mass is 10.2. The molecule has 27 heavy (non-hydrogen) atoms. The predicted molar refractivity (Wildman–Crippen MR) is 109 cm³/mol. The standard InChI is InChI=1S/C20H19N7/c1-26(2)16-10-8-15(9-11-16)12-23-25-19-18-13-24-27(20(18)22-14-21-19)17-6-4-3-5-7-17/h3-14H,1-2H3,(H,21,22,25). The Balaban J connectivity index is 1.57. The molecule has 134 valence electrons. The molecule has 4 rings (SSSR count). The molecule has 0 atom stereocenters. The number of anilines is 2. The number of benzene rings is 2. The maximum atomic E-state index is 4.44. The number of nitrogens with one attached hydrogen (secondary N) is 1. The van der Waals surface area contributed by atoms with Gasteiger partial charge in [-0.3, -0.25) is 5.43 Å². The van der Waals surface area contributed by atoms with E-state index >= 15 is 0 Å². The summed E-state index contributed by atoms with van der Waals surface area (Å²) in [5, 5.41) is 9.55. The number of hydrogen-bond acceptors (Lipinski definition) is 6. The number of rotatable bonds is 5. The Morgan fingerprint density at radius 1 is 1.00 bits per heavy atom. The zero-order valence-electron chi connectivity index (χ0n) is 15.1. The average molecular weight is 357 g/mol. The van der Waals surface area contributed by atoms with Gasteiger partial charge in [0.25, 0.3) is 0 Å². The molecule has 0 amide bonds. The number of para-hydroxylation sites is 1. The molecule has 2 heterocycles. The number of fused-ring (bicyclic) bond motifs is 1. The van der Waals surface area contributed by atoms with Gasteiger partial charge in [-0.25, -0.2) is 14.6 Å². The summed E-state index contributed by atoms with van der Waals surface area (Å²) >= 11 is 0. The Labute approximate surface area is 157 Å². The zero-order valence-corrected chi connectivity index (χ0v) is 15.1. The van der Waals surface area contributed by atoms with Crippen molar-refractivity contribution in [3.05, 3.63) is 72.7 Å². The van der Waals surface area contributed by atoms with Crippen molar-refractivity contribution in [3.63, 3.8) is 0 Å². The van der Waals surface area contributed by atoms with Crippen LogP contribution < -0.4 is 10.3 Å². The first-order valence-electron chi connectivity index (χ1n) is 8.53. The topological polar surface area (TPSA) is 71.2 Å². The highest BCUT2D eigenvalue weighted by atomic mass is 15.3. The van der Waals surface area contributed by atoms with Crippen LogP contribution in [0.3, 0.4) is 0 Å². The van der Waals surface area contributed by atoms with Crippen LogP contribution in [0.1, 0.15) is 5.56 Å². The van der Waals surface area contributed by atoms with Crippen LogP contribution in [-0.2, 0) is 0 Å². The molecule has 0 radical (unpaired) electrons. The van der Waals surface area contributed by atoms with E-state index in [1.54, 1.807) is 17.1 Å². The second-order valence-corrected chi connectivity index (χ2v) is 6.21. The van der Waals surface area contributed by atoms with Crippen LogP contribution in [0.15, 0.2) is 72.2 Å². The van der Waals surface area contributed by atoms with E-state index in [0.29, 0.717) is 5.82 Å². The fraction of sp³-hybridized carbons (Fsp3) is 0.100. The third-order valence-electron chi connectivity index (χ3n) is 4.16. The van der Waals surface area contributed by atoms with Crippen LogP contribution in [0.5, 0.6) is 0 Å². The minimum absolute atomic E-state index is 0.614. The average Bonchev–Trinajstić information content (AvgIpc) is 3.14. The van der Waals surface area contributed by atoms with Gasteiger partial charge in [0.15, 0.2) is 11.5 Å². The van der Waals surface area contributed by atoms with Crippen molar-refractivity contribution in [1.82, 2.24) is 19.7 Å². The zero-order chi connectivity index (χ0) is 18.6. The van der Waals surface area contributed by atoms with Crippen molar-refractivity contribution in [1.29, 1.82) is 0 Å². The molecule has 7 heteroatoms. The number of hydrogen-bond donors (Lipinski definition) is 1. The molecule has 0 saturated carbocycles. The van der Waals surface area contributed by atoms with Gasteiger partial charge >= 0.3 is 0 Å². The smallest absolute Gasteiger partial charge is 0.168 e. The quantitative estimate of drug-likeness (QED) is 0.438. The number of nitrogens with zero attached hydrogens (tertiary/aromatic N) is 6. The Kier molecular flexibility index (Phi) is 4.49. The first-order valence-corrected chi connectivity index (χ1v) is 8.53. The van der Waals surface area contributed by atoms with Gasteiger partial charge in [0, 0.05) is 19.8 Å². The molecule has 0 unspecified atom stereocenters. The summed E-state index contributed by atoms with van der Waals surface area (Å²) in [5.41, 5.74) is 6.81. The van der Waals surface area contributed by atoms with Crippen molar-refractivity contribution >= 4 is 28.8 Å². The third-order valence-corrected chi connectivity index (χ3v) is 4.16. The van der Waals surface area contributed by atoms with Gasteiger partial charge in [-0.05, 0) is 29.8 Å². The third kappa shape index (κ3) is 3.48. The van der Waals surface area contributed by atoms with Crippen molar-refractivity contribution in [2.24, 2.45) is 5.10 Å². The summed E-state index contributed by atoms with van der Waals surface area (Å²) in [6, 6.07) is 18.0. The van der Waals surface area contributed by atoms with Gasteiger partial charge < -0.3 is 4.90 Å². The minimum Gasteiger partial charge on any atom is -0.378 e. The summed E-state index contributed by atoms with van der Waals surface area (Å²) < 4.78 is 1.78. The summed E-state index contributed by atoms with van der Waals surface area (Å²) in [4.78, 5) is 10.7. The second-order valence-electron chi connectivity index (χ2n) is 6.21. The lowest BCUT2D eigenvalue weighted by Crippen LogP contribution is -2.08. The van der Waals surface area contributed by atoms with Gasteiger partial charge in [-0.2, -0.15) is 10.2 Å². The number of aromatic nitrogens is 4. The maximum absolute atomic E-state index is 4.44. The SMILES string of the molecule is CN(C)c1ccc(C=NNc2ncnc3c2cnn3-c2ccccc2)cc1. The molecule has 0 aliphatic carbocycles. The molecule has 0 bridgehead atoms. The normalized spacial score (nSPS) is 11.2. The highest BCUT2D eigenvalue weighted by Gasteiger charge is 2.10. The van der Waals surface area contributed by atoms with Crippen molar-refractivity contribution in [3.8, 4) is 5.69 Å². The van der Waals surface area contributed by atoms with E-state index in [-0.39, 0.29) is 0 Å². The second kappa shape index (κ2) is 7.25. The Morgan fingerprint density at radius 2 is 1.78 bits per heavy atom. The van der Waals surface area contributed by atoms with Gasteiger partial charge in [-0.1, -0.05) is 30.3 Å². The van der Waals surface area contributed by atoms with E-state index in [9.17, 15) is 0 Å². The first-order chi connectivity index (χ1) is 13.2. The molecular formula is C20H19N7. The van der Waals surface area contributed by atoms with Crippen LogP contribution >= 0.6 is 0 Å². The van der Waals surface area contributed by atoms with Gasteiger partial charge in [0.2, 0.25) is 0 Å². The highest BCUT2D eigenvalue weighted by Crippen LogP contribution is 2.21. The maximum Gasteiger partial charge on any atom is 0.168 e. The van der Waals surface area contributed by atoms with Crippen molar-refractivity contribution < 1.29 is 0 Å². The van der Waals surface area contributed by atoms with E-state index in [1.807, 2.05) is 68.7 Å². The lowest BCUT2D eigenvalue weighted by molar-refractivity contribution is 0.895. The summed E-state index contributed by atoms with van der Waals surface area (Å²) in [6.07, 6.45) is 5.01. The summed E-state index contributed by atoms with van der Waals surface area (Å²) in [6.45, 7) is 0. The van der Waals surface area contributed by atoms with E-state index in [0.717, 1.165) is 28.0 Å². The Bertz CT molecular complexity index is 1070. The minimum atomic E-state index is 0.614. The fourth-order valence-electron chi connectivity index (χ4n) is 2.72. The van der Waals surface area contributed by atoms with Crippen molar-refractivity contribution in [2.75, 3.05) is 24.4 Å². The van der Waals surface area contributed by atoms with Crippen molar-refractivity contribution in [2.45, 2.75) is 0 Å². The van der Waals surface area contributed by atoms with Crippen LogP contribution in [0.25, 0.3) is 16.7 Å². The Morgan fingerprint density at radius 3 is 2.52 bits per heavy atom. The van der Waals surface area contributed by atoms with Gasteiger partial charge in [0.05, 0.1) is 23.5 Å². The van der Waals surface area contributed by atoms with E-state index in [2.05, 4.69) is 30.5 Å². The highest BCUT2D eigenvalue weighted by molar-refractivity contribution is 5.88. The van der Waals surface area contributed by atoms with Gasteiger partial charge in [0.1, 0.15) is 6.33 Å². The molecule has 1 N–H and O–H groups in total. The molecule has 2 aromatic carbocycles. The molecular weight excluding hydrogens is 338 g/mol. The van der Waals surface area contributed by atoms with E-state index in [4.69, 9.17) is 0 Å². The largest absolute Gasteiger partial charge is 0.378 e. The molecule has 4 aromatic rings.